The van der Waals surface area contributed by atoms with Gasteiger partial charge in [-0.2, -0.15) is 4.31 Å². The summed E-state index contributed by atoms with van der Waals surface area (Å²) in [5, 5.41) is 3.07. The van der Waals surface area contributed by atoms with Crippen LogP contribution in [0.1, 0.15) is 6.42 Å². The monoisotopic (exact) mass is 334 g/mol. The zero-order valence-electron chi connectivity index (χ0n) is 11.7. The van der Waals surface area contributed by atoms with Gasteiger partial charge in [-0.1, -0.05) is 0 Å². The summed E-state index contributed by atoms with van der Waals surface area (Å²) in [6, 6.07) is 4.82. The Bertz CT molecular complexity index is 604. The third-order valence-electron chi connectivity index (χ3n) is 3.67. The molecule has 6 nitrogen and oxygen atoms in total. The second kappa shape index (κ2) is 6.39. The molecule has 2 heterocycles. The van der Waals surface area contributed by atoms with Crippen molar-refractivity contribution in [2.24, 2.45) is 0 Å². The van der Waals surface area contributed by atoms with Gasteiger partial charge in [-0.05, 0) is 12.1 Å². The summed E-state index contributed by atoms with van der Waals surface area (Å²) in [4.78, 5) is 0.246. The van der Waals surface area contributed by atoms with Gasteiger partial charge in [0.25, 0.3) is 0 Å². The smallest absolute Gasteiger partial charge is 0.243 e. The molecule has 1 fully saturated rings. The minimum atomic E-state index is -3.49. The van der Waals surface area contributed by atoms with Crippen molar-refractivity contribution in [2.45, 2.75) is 17.4 Å². The van der Waals surface area contributed by atoms with Crippen LogP contribution in [0.25, 0.3) is 0 Å². The Kier molecular flexibility index (Phi) is 4.98. The van der Waals surface area contributed by atoms with E-state index < -0.39 is 10.0 Å². The highest BCUT2D eigenvalue weighted by Crippen LogP contribution is 2.33. The molecule has 21 heavy (non-hydrogen) atoms. The normalized spacial score (nSPS) is 18.6. The Morgan fingerprint density at radius 3 is 2.48 bits per heavy atom. The number of likely N-dealkylation sites (N-methyl/N-ethyl adjacent to an activating group) is 1. The minimum Gasteiger partial charge on any atom is -0.490 e. The quantitative estimate of drug-likeness (QED) is 0.888. The van der Waals surface area contributed by atoms with Crippen molar-refractivity contribution in [3.05, 3.63) is 18.2 Å². The first-order valence-electron chi connectivity index (χ1n) is 6.67. The molecule has 0 aromatic heterocycles. The van der Waals surface area contributed by atoms with Gasteiger partial charge in [-0.15, -0.1) is 12.4 Å². The van der Waals surface area contributed by atoms with Crippen LogP contribution in [-0.4, -0.2) is 52.1 Å². The highest BCUT2D eigenvalue weighted by molar-refractivity contribution is 7.89. The fourth-order valence-electron chi connectivity index (χ4n) is 2.20. The van der Waals surface area contributed by atoms with E-state index in [0.29, 0.717) is 37.8 Å². The van der Waals surface area contributed by atoms with Gasteiger partial charge < -0.3 is 14.8 Å². The van der Waals surface area contributed by atoms with E-state index in [4.69, 9.17) is 9.47 Å². The number of benzene rings is 1. The molecule has 1 saturated heterocycles. The average molecular weight is 335 g/mol. The summed E-state index contributed by atoms with van der Waals surface area (Å²) >= 11 is 0. The van der Waals surface area contributed by atoms with Gasteiger partial charge in [-0.25, -0.2) is 8.42 Å². The molecular formula is C13H19ClN2O4S. The van der Waals surface area contributed by atoms with Crippen LogP contribution in [0.5, 0.6) is 11.5 Å². The molecule has 0 radical (unpaired) electrons. The topological polar surface area (TPSA) is 67.9 Å². The molecule has 2 aliphatic heterocycles. The molecule has 1 aromatic rings. The van der Waals surface area contributed by atoms with Gasteiger partial charge in [-0.3, -0.25) is 0 Å². The largest absolute Gasteiger partial charge is 0.490 e. The van der Waals surface area contributed by atoms with E-state index in [1.165, 1.54) is 4.31 Å². The number of fused-ring (bicyclic) bond motifs is 1. The SMILES string of the molecule is CN(C1CNC1)S(=O)(=O)c1ccc2c(c1)OCCCO2.Cl. The van der Waals surface area contributed by atoms with Crippen LogP contribution in [0.3, 0.4) is 0 Å². The summed E-state index contributed by atoms with van der Waals surface area (Å²) in [5.74, 6) is 1.11. The van der Waals surface area contributed by atoms with Gasteiger partial charge in [0.2, 0.25) is 10.0 Å². The number of nitrogens with zero attached hydrogens (tertiary/aromatic N) is 1. The number of halogens is 1. The van der Waals surface area contributed by atoms with Crippen molar-refractivity contribution < 1.29 is 17.9 Å². The van der Waals surface area contributed by atoms with Gasteiger partial charge in [0.15, 0.2) is 11.5 Å². The maximum atomic E-state index is 12.5. The maximum Gasteiger partial charge on any atom is 0.243 e. The average Bonchev–Trinajstić information content (AvgIpc) is 2.60. The highest BCUT2D eigenvalue weighted by Gasteiger charge is 2.32. The van der Waals surface area contributed by atoms with Crippen LogP contribution < -0.4 is 14.8 Å². The van der Waals surface area contributed by atoms with E-state index in [1.54, 1.807) is 25.2 Å². The minimum absolute atomic E-state index is 0. The zero-order chi connectivity index (χ0) is 14.2. The highest BCUT2D eigenvalue weighted by atomic mass is 35.5. The van der Waals surface area contributed by atoms with Crippen molar-refractivity contribution in [2.75, 3.05) is 33.4 Å². The Balaban J connectivity index is 0.00000161. The Labute approximate surface area is 130 Å². The number of nitrogens with one attached hydrogen (secondary N) is 1. The Morgan fingerprint density at radius 1 is 1.19 bits per heavy atom. The van der Waals surface area contributed by atoms with Crippen LogP contribution in [-0.2, 0) is 10.0 Å². The van der Waals surface area contributed by atoms with E-state index in [9.17, 15) is 8.42 Å². The predicted molar refractivity (Wildman–Crippen MR) is 80.9 cm³/mol. The molecule has 8 heteroatoms. The first kappa shape index (κ1) is 16.4. The van der Waals surface area contributed by atoms with Crippen LogP contribution in [0, 0.1) is 0 Å². The standard InChI is InChI=1S/C13H18N2O4S.ClH/c1-15(10-8-14-9-10)20(16,17)11-3-4-12-13(7-11)19-6-2-5-18-12;/h3-4,7,10,14H,2,5-6,8-9H2,1H3;1H. The van der Waals surface area contributed by atoms with Crippen LogP contribution in [0.15, 0.2) is 23.1 Å². The fraction of sp³-hybridized carbons (Fsp3) is 0.538. The van der Waals surface area contributed by atoms with Gasteiger partial charge in [0, 0.05) is 38.7 Å². The third-order valence-corrected chi connectivity index (χ3v) is 5.58. The fourth-order valence-corrected chi connectivity index (χ4v) is 3.57. The number of ether oxygens (including phenoxy) is 2. The molecule has 0 unspecified atom stereocenters. The first-order valence-corrected chi connectivity index (χ1v) is 8.11. The molecule has 3 rings (SSSR count). The Morgan fingerprint density at radius 2 is 1.86 bits per heavy atom. The molecule has 0 amide bonds. The number of sulfonamides is 1. The Hall–Kier alpha value is -1.02. The number of hydrogen-bond acceptors (Lipinski definition) is 5. The molecule has 0 atom stereocenters. The lowest BCUT2D eigenvalue weighted by Gasteiger charge is -2.34. The molecule has 0 bridgehead atoms. The van der Waals surface area contributed by atoms with Gasteiger partial charge in [0.1, 0.15) is 0 Å². The van der Waals surface area contributed by atoms with Crippen molar-refractivity contribution in [1.29, 1.82) is 0 Å². The maximum absolute atomic E-state index is 12.5. The number of hydrogen-bond donors (Lipinski definition) is 1. The van der Waals surface area contributed by atoms with Crippen LogP contribution in [0.2, 0.25) is 0 Å². The summed E-state index contributed by atoms with van der Waals surface area (Å²) in [6.07, 6.45) is 0.796. The van der Waals surface area contributed by atoms with Crippen LogP contribution >= 0.6 is 12.4 Å². The summed E-state index contributed by atoms with van der Waals surface area (Å²) in [7, 11) is -1.87. The van der Waals surface area contributed by atoms with E-state index >= 15 is 0 Å². The van der Waals surface area contributed by atoms with Gasteiger partial charge >= 0.3 is 0 Å². The van der Waals surface area contributed by atoms with Crippen LogP contribution in [0.4, 0.5) is 0 Å². The van der Waals surface area contributed by atoms with E-state index in [2.05, 4.69) is 5.32 Å². The molecule has 1 aromatic carbocycles. The van der Waals surface area contributed by atoms with E-state index in [-0.39, 0.29) is 23.3 Å². The van der Waals surface area contributed by atoms with Crippen molar-refractivity contribution in [3.8, 4) is 11.5 Å². The first-order chi connectivity index (χ1) is 9.59. The summed E-state index contributed by atoms with van der Waals surface area (Å²) < 4.78 is 37.6. The molecule has 2 aliphatic rings. The van der Waals surface area contributed by atoms with E-state index in [0.717, 1.165) is 6.42 Å². The van der Waals surface area contributed by atoms with Crippen molar-refractivity contribution in [1.82, 2.24) is 9.62 Å². The van der Waals surface area contributed by atoms with Crippen molar-refractivity contribution >= 4 is 22.4 Å². The van der Waals surface area contributed by atoms with E-state index in [1.807, 2.05) is 0 Å². The third kappa shape index (κ3) is 3.11. The zero-order valence-corrected chi connectivity index (χ0v) is 13.4. The number of rotatable bonds is 3. The summed E-state index contributed by atoms with van der Waals surface area (Å²) in [6.45, 7) is 2.52. The predicted octanol–water partition coefficient (Wildman–Crippen LogP) is 0.862. The van der Waals surface area contributed by atoms with Gasteiger partial charge in [0.05, 0.1) is 18.1 Å². The molecule has 0 spiro atoms. The lowest BCUT2D eigenvalue weighted by atomic mass is 10.2. The lowest BCUT2D eigenvalue weighted by Crippen LogP contribution is -2.57. The molecular weight excluding hydrogens is 316 g/mol. The second-order valence-electron chi connectivity index (χ2n) is 4.99. The molecule has 0 saturated carbocycles. The molecule has 0 aliphatic carbocycles. The summed E-state index contributed by atoms with van der Waals surface area (Å²) in [5.41, 5.74) is 0. The molecule has 1 N–H and O–H groups in total. The van der Waals surface area contributed by atoms with Crippen molar-refractivity contribution in [3.63, 3.8) is 0 Å². The molecule has 118 valence electrons. The second-order valence-corrected chi connectivity index (χ2v) is 6.99. The lowest BCUT2D eigenvalue weighted by molar-refractivity contribution is 0.274.